The number of carbonyl (C=O) groups is 1. The molecule has 1 aromatic heterocycles. The van der Waals surface area contributed by atoms with E-state index in [9.17, 15) is 9.90 Å². The molecule has 9 heteroatoms. The normalized spacial score (nSPS) is 20.9. The Kier molecular flexibility index (Phi) is 10.7. The van der Waals surface area contributed by atoms with Crippen LogP contribution in [0.1, 0.15) is 54.5 Å². The molecule has 270 valence electrons. The number of fused-ring (bicyclic) bond motifs is 1. The van der Waals surface area contributed by atoms with Gasteiger partial charge in [-0.25, -0.2) is 0 Å². The highest BCUT2D eigenvalue weighted by molar-refractivity contribution is 6.91. The van der Waals surface area contributed by atoms with Crippen LogP contribution >= 0.6 is 0 Å². The summed E-state index contributed by atoms with van der Waals surface area (Å²) < 4.78 is 14.5. The second kappa shape index (κ2) is 15.6. The van der Waals surface area contributed by atoms with Gasteiger partial charge >= 0.3 is 0 Å². The number of aryl methyl sites for hydroxylation is 3. The quantitative estimate of drug-likeness (QED) is 0.128. The predicted octanol–water partition coefficient (Wildman–Crippen LogP) is 7.43. The summed E-state index contributed by atoms with van der Waals surface area (Å²) in [5, 5.41) is 20.6. The van der Waals surface area contributed by atoms with E-state index in [2.05, 4.69) is 84.9 Å². The van der Waals surface area contributed by atoms with Gasteiger partial charge in [0.15, 0.2) is 0 Å². The maximum absolute atomic E-state index is 13.0. The summed E-state index contributed by atoms with van der Waals surface area (Å²) in [4.78, 5) is 14.9. The minimum absolute atomic E-state index is 0.0234. The number of carbonyl (C=O) groups excluding carboxylic acids is 1. The summed E-state index contributed by atoms with van der Waals surface area (Å²) in [6, 6.07) is 35.4. The molecular weight excluding hydrogens is 665 g/mol. The highest BCUT2D eigenvalue weighted by atomic mass is 28.3. The van der Waals surface area contributed by atoms with Gasteiger partial charge in [0.25, 0.3) is 0 Å². The number of hydrogen-bond donors (Lipinski definition) is 1. The first-order valence-electron chi connectivity index (χ1n) is 18.6. The molecule has 3 heterocycles. The monoisotopic (exact) mass is 714 g/mol. The average molecular weight is 715 g/mol. The SMILES string of the molecule is COc1ccc([Si](C)(C)[C@@H]2[C@@H](C)[C@@H](CCc3ccc(N4C(=O)CCc5ccccc54)cc3)O[C@H]2CCn2cc(C(CO)c3ccccc3)nn2)cc1. The molecule has 1 amide bonds. The molecule has 0 saturated carbocycles. The summed E-state index contributed by atoms with van der Waals surface area (Å²) >= 11 is 0. The van der Waals surface area contributed by atoms with Crippen LogP contribution in [0.25, 0.3) is 0 Å². The van der Waals surface area contributed by atoms with E-state index < -0.39 is 8.07 Å². The van der Waals surface area contributed by atoms with E-state index in [-0.39, 0.29) is 30.6 Å². The lowest BCUT2D eigenvalue weighted by Crippen LogP contribution is -2.50. The molecule has 1 unspecified atom stereocenters. The van der Waals surface area contributed by atoms with E-state index in [1.165, 1.54) is 16.3 Å². The zero-order valence-corrected chi connectivity index (χ0v) is 31.7. The number of aliphatic hydroxyl groups is 1. The van der Waals surface area contributed by atoms with E-state index >= 15 is 0 Å². The number of methoxy groups -OCH3 is 1. The fraction of sp³-hybridized carbons (Fsp3) is 0.372. The number of ether oxygens (including phenoxy) is 2. The van der Waals surface area contributed by atoms with Gasteiger partial charge in [0.05, 0.1) is 51.3 Å². The Morgan fingerprint density at radius 1 is 0.904 bits per heavy atom. The molecule has 7 rings (SSSR count). The van der Waals surface area contributed by atoms with Crippen molar-refractivity contribution < 1.29 is 19.4 Å². The van der Waals surface area contributed by atoms with Crippen LogP contribution in [-0.4, -0.2) is 60.0 Å². The highest BCUT2D eigenvalue weighted by Crippen LogP contribution is 2.46. The Hall–Kier alpha value is -4.57. The van der Waals surface area contributed by atoms with Crippen LogP contribution in [0.3, 0.4) is 0 Å². The average Bonchev–Trinajstić information content (AvgIpc) is 3.78. The van der Waals surface area contributed by atoms with Crippen LogP contribution in [0.2, 0.25) is 18.6 Å². The van der Waals surface area contributed by atoms with Gasteiger partial charge in [-0.2, -0.15) is 0 Å². The molecule has 1 fully saturated rings. The Labute approximate surface area is 308 Å². The number of hydrogen-bond acceptors (Lipinski definition) is 6. The number of para-hydroxylation sites is 1. The van der Waals surface area contributed by atoms with Crippen LogP contribution in [0, 0.1) is 5.92 Å². The van der Waals surface area contributed by atoms with Crippen molar-refractivity contribution in [2.75, 3.05) is 18.6 Å². The molecule has 52 heavy (non-hydrogen) atoms. The van der Waals surface area contributed by atoms with Crippen molar-refractivity contribution in [2.24, 2.45) is 5.92 Å². The number of nitrogens with zero attached hydrogens (tertiary/aromatic N) is 4. The molecule has 2 aliphatic heterocycles. The standard InChI is InChI=1S/C43H50N4O4Si/c1-30-40(24-16-31-14-18-34(19-15-31)47-39-13-9-8-12-33(39)17-25-42(47)49)51-41(43(30)52(3,4)36-22-20-35(50-2)21-23-36)26-27-46-28-38(44-45-46)37(29-48)32-10-6-5-7-11-32/h5-15,18-23,28,30,37,40-41,43,48H,16-17,24-27,29H2,1-4H3/t30-,37?,40+,41-,43+/m0/s1. The third-order valence-corrected chi connectivity index (χ3v) is 15.9. The lowest BCUT2D eigenvalue weighted by Gasteiger charge is -2.36. The molecule has 5 aromatic rings. The largest absolute Gasteiger partial charge is 0.497 e. The molecule has 2 aliphatic rings. The fourth-order valence-corrected chi connectivity index (χ4v) is 12.8. The Bertz CT molecular complexity index is 1950. The van der Waals surface area contributed by atoms with Crippen LogP contribution in [0.4, 0.5) is 11.4 Å². The molecule has 4 aromatic carbocycles. The molecule has 5 atom stereocenters. The van der Waals surface area contributed by atoms with Gasteiger partial charge in [-0.3, -0.25) is 14.4 Å². The summed E-state index contributed by atoms with van der Waals surface area (Å²) in [6.45, 7) is 8.01. The van der Waals surface area contributed by atoms with Crippen LogP contribution in [0.15, 0.2) is 109 Å². The predicted molar refractivity (Wildman–Crippen MR) is 208 cm³/mol. The molecule has 0 spiro atoms. The third-order valence-electron chi connectivity index (χ3n) is 11.5. The van der Waals surface area contributed by atoms with E-state index in [0.29, 0.717) is 24.4 Å². The maximum atomic E-state index is 13.0. The summed E-state index contributed by atoms with van der Waals surface area (Å²) in [5.41, 5.74) is 6.58. The van der Waals surface area contributed by atoms with E-state index in [1.54, 1.807) is 7.11 Å². The second-order valence-corrected chi connectivity index (χ2v) is 19.6. The number of aliphatic hydroxyl groups excluding tert-OH is 1. The lowest BCUT2D eigenvalue weighted by molar-refractivity contribution is -0.118. The number of amides is 1. The van der Waals surface area contributed by atoms with Crippen molar-refractivity contribution in [3.8, 4) is 5.75 Å². The molecular formula is C43H50N4O4Si. The van der Waals surface area contributed by atoms with Gasteiger partial charge < -0.3 is 14.6 Å². The molecule has 0 radical (unpaired) electrons. The minimum atomic E-state index is -2.02. The molecule has 1 saturated heterocycles. The zero-order valence-electron chi connectivity index (χ0n) is 30.7. The molecule has 1 N–H and O–H groups in total. The lowest BCUT2D eigenvalue weighted by atomic mass is 9.95. The van der Waals surface area contributed by atoms with E-state index in [1.807, 2.05) is 64.3 Å². The van der Waals surface area contributed by atoms with Gasteiger partial charge in [-0.15, -0.1) is 5.10 Å². The van der Waals surface area contributed by atoms with Crippen molar-refractivity contribution in [3.05, 3.63) is 132 Å². The van der Waals surface area contributed by atoms with Crippen LogP contribution in [0.5, 0.6) is 5.75 Å². The van der Waals surface area contributed by atoms with Crippen molar-refractivity contribution >= 4 is 30.5 Å². The smallest absolute Gasteiger partial charge is 0.231 e. The van der Waals surface area contributed by atoms with Gasteiger partial charge in [-0.1, -0.05) is 103 Å². The fourth-order valence-electron chi connectivity index (χ4n) is 8.65. The number of benzene rings is 4. The number of aromatic nitrogens is 3. The van der Waals surface area contributed by atoms with Gasteiger partial charge in [0, 0.05) is 24.8 Å². The van der Waals surface area contributed by atoms with Gasteiger partial charge in [0.1, 0.15) is 5.75 Å². The van der Waals surface area contributed by atoms with Gasteiger partial charge in [0.2, 0.25) is 5.91 Å². The zero-order chi connectivity index (χ0) is 36.2. The van der Waals surface area contributed by atoms with Gasteiger partial charge in [-0.05, 0) is 84.2 Å². The Morgan fingerprint density at radius 3 is 2.37 bits per heavy atom. The highest BCUT2D eigenvalue weighted by Gasteiger charge is 2.50. The maximum Gasteiger partial charge on any atom is 0.231 e. The molecule has 8 nitrogen and oxygen atoms in total. The number of rotatable bonds is 13. The second-order valence-electron chi connectivity index (χ2n) is 15.0. The van der Waals surface area contributed by atoms with Crippen LogP contribution in [-0.2, 0) is 28.9 Å². The van der Waals surface area contributed by atoms with Crippen molar-refractivity contribution in [3.63, 3.8) is 0 Å². The molecule has 0 bridgehead atoms. The third kappa shape index (κ3) is 7.35. The summed E-state index contributed by atoms with van der Waals surface area (Å²) in [5.74, 6) is 1.18. The van der Waals surface area contributed by atoms with Crippen molar-refractivity contribution in [1.29, 1.82) is 0 Å². The number of anilines is 2. The first-order valence-corrected chi connectivity index (χ1v) is 21.7. The van der Waals surface area contributed by atoms with Crippen molar-refractivity contribution in [1.82, 2.24) is 15.0 Å². The first kappa shape index (κ1) is 35.8. The Balaban J connectivity index is 1.07. The minimum Gasteiger partial charge on any atom is -0.497 e. The van der Waals surface area contributed by atoms with Crippen LogP contribution < -0.4 is 14.8 Å². The first-order chi connectivity index (χ1) is 25.3. The molecule has 0 aliphatic carbocycles. The van der Waals surface area contributed by atoms with E-state index in [0.717, 1.165) is 54.1 Å². The summed E-state index contributed by atoms with van der Waals surface area (Å²) in [6.07, 6.45) is 6.16. The topological polar surface area (TPSA) is 89.7 Å². The van der Waals surface area contributed by atoms with Crippen molar-refractivity contribution in [2.45, 2.75) is 82.3 Å². The summed E-state index contributed by atoms with van der Waals surface area (Å²) in [7, 11) is -0.306. The van der Waals surface area contributed by atoms with E-state index in [4.69, 9.17) is 9.47 Å². The Morgan fingerprint density at radius 2 is 1.63 bits per heavy atom.